The third kappa shape index (κ3) is 3.92. The van der Waals surface area contributed by atoms with Gasteiger partial charge in [-0.05, 0) is 49.6 Å². The molecule has 0 aliphatic heterocycles. The number of aromatic nitrogens is 2. The minimum Gasteiger partial charge on any atom is -0.341 e. The normalized spacial score (nSPS) is 15.5. The Labute approximate surface area is 181 Å². The summed E-state index contributed by atoms with van der Waals surface area (Å²) in [6.07, 6.45) is 19.7. The molecule has 0 saturated heterocycles. The maximum absolute atomic E-state index is 13.0. The fourth-order valence-corrected chi connectivity index (χ4v) is 3.89. The average Bonchev–Trinajstić information content (AvgIpc) is 3.10. The standard InChI is InChI=1S/C27H23N3O/c31-25-19-26(28-21-13-7-4-8-14-21)30(22-15-9-1-2-10-16-22)27-23(25)17-18-24(29-27)20-11-5-3-6-12-20/h1,3,5-7,9-19,28H,2,4,8H2. The van der Waals surface area contributed by atoms with Gasteiger partial charge in [-0.25, -0.2) is 4.98 Å². The van der Waals surface area contributed by atoms with Gasteiger partial charge in [-0.2, -0.15) is 0 Å². The molecule has 0 spiro atoms. The number of benzene rings is 1. The van der Waals surface area contributed by atoms with E-state index in [0.29, 0.717) is 16.9 Å². The van der Waals surface area contributed by atoms with Gasteiger partial charge in [0, 0.05) is 23.0 Å². The number of hydrogen-bond acceptors (Lipinski definition) is 3. The lowest BCUT2D eigenvalue weighted by molar-refractivity contribution is 1.01. The molecule has 0 unspecified atom stereocenters. The van der Waals surface area contributed by atoms with Crippen LogP contribution < -0.4 is 10.7 Å². The predicted octanol–water partition coefficient (Wildman–Crippen LogP) is 6.07. The molecule has 0 saturated carbocycles. The van der Waals surface area contributed by atoms with Crippen molar-refractivity contribution in [3.05, 3.63) is 113 Å². The van der Waals surface area contributed by atoms with Crippen LogP contribution in [0.3, 0.4) is 0 Å². The summed E-state index contributed by atoms with van der Waals surface area (Å²) in [4.78, 5) is 18.0. The fraction of sp³-hybridized carbons (Fsp3) is 0.111. The first-order valence-corrected chi connectivity index (χ1v) is 10.6. The second kappa shape index (κ2) is 8.44. The number of hydrogen-bond donors (Lipinski definition) is 1. The summed E-state index contributed by atoms with van der Waals surface area (Å²) >= 11 is 0. The first kappa shape index (κ1) is 19.1. The maximum Gasteiger partial charge on any atom is 0.193 e. The monoisotopic (exact) mass is 405 g/mol. The Morgan fingerprint density at radius 1 is 0.935 bits per heavy atom. The van der Waals surface area contributed by atoms with Gasteiger partial charge in [0.1, 0.15) is 5.82 Å². The molecular weight excluding hydrogens is 382 g/mol. The molecular formula is C27H23N3O. The van der Waals surface area contributed by atoms with Crippen molar-refractivity contribution in [2.75, 3.05) is 5.32 Å². The zero-order chi connectivity index (χ0) is 21.0. The quantitative estimate of drug-likeness (QED) is 0.573. The van der Waals surface area contributed by atoms with Crippen molar-refractivity contribution in [3.63, 3.8) is 0 Å². The fourth-order valence-electron chi connectivity index (χ4n) is 3.89. The third-order valence-corrected chi connectivity index (χ3v) is 5.42. The topological polar surface area (TPSA) is 46.9 Å². The molecule has 2 aliphatic carbocycles. The van der Waals surface area contributed by atoms with Crippen LogP contribution in [0.1, 0.15) is 19.3 Å². The van der Waals surface area contributed by atoms with Crippen molar-refractivity contribution in [2.24, 2.45) is 0 Å². The minimum absolute atomic E-state index is 0.0463. The highest BCUT2D eigenvalue weighted by Gasteiger charge is 2.15. The largest absolute Gasteiger partial charge is 0.341 e. The molecule has 0 atom stereocenters. The van der Waals surface area contributed by atoms with Crippen LogP contribution >= 0.6 is 0 Å². The van der Waals surface area contributed by atoms with Crippen LogP contribution in [0, 0.1) is 0 Å². The number of nitrogens with one attached hydrogen (secondary N) is 1. The van der Waals surface area contributed by atoms with Crippen LogP contribution in [0.4, 0.5) is 5.82 Å². The third-order valence-electron chi connectivity index (χ3n) is 5.42. The second-order valence-corrected chi connectivity index (χ2v) is 7.58. The molecule has 1 aromatic carbocycles. The number of rotatable bonds is 4. The molecule has 4 nitrogen and oxygen atoms in total. The van der Waals surface area contributed by atoms with Gasteiger partial charge >= 0.3 is 0 Å². The van der Waals surface area contributed by atoms with Crippen LogP contribution in [-0.2, 0) is 0 Å². The van der Waals surface area contributed by atoms with Crippen LogP contribution in [-0.4, -0.2) is 9.55 Å². The van der Waals surface area contributed by atoms with Gasteiger partial charge in [0.2, 0.25) is 0 Å². The van der Waals surface area contributed by atoms with Crippen molar-refractivity contribution in [1.29, 1.82) is 0 Å². The molecule has 2 aromatic heterocycles. The van der Waals surface area contributed by atoms with Crippen molar-refractivity contribution in [2.45, 2.75) is 19.3 Å². The van der Waals surface area contributed by atoms with E-state index in [1.54, 1.807) is 6.07 Å². The van der Waals surface area contributed by atoms with Gasteiger partial charge in [-0.3, -0.25) is 9.36 Å². The highest BCUT2D eigenvalue weighted by Crippen LogP contribution is 2.27. The molecule has 0 amide bonds. The van der Waals surface area contributed by atoms with Crippen molar-refractivity contribution < 1.29 is 0 Å². The van der Waals surface area contributed by atoms with Crippen molar-refractivity contribution >= 4 is 22.5 Å². The Hall–Kier alpha value is -3.92. The molecule has 2 aliphatic rings. The smallest absolute Gasteiger partial charge is 0.193 e. The highest BCUT2D eigenvalue weighted by atomic mass is 16.1. The summed E-state index contributed by atoms with van der Waals surface area (Å²) in [5.41, 5.74) is 4.40. The van der Waals surface area contributed by atoms with Gasteiger partial charge in [0.15, 0.2) is 11.1 Å². The second-order valence-electron chi connectivity index (χ2n) is 7.58. The molecule has 1 N–H and O–H groups in total. The molecule has 4 heteroatoms. The highest BCUT2D eigenvalue weighted by molar-refractivity contribution is 5.86. The van der Waals surface area contributed by atoms with Crippen LogP contribution in [0.25, 0.3) is 28.0 Å². The Balaban J connectivity index is 1.76. The first-order valence-electron chi connectivity index (χ1n) is 10.6. The van der Waals surface area contributed by atoms with E-state index in [2.05, 4.69) is 47.8 Å². The molecule has 2 heterocycles. The van der Waals surface area contributed by atoms with Gasteiger partial charge in [-0.1, -0.05) is 60.7 Å². The van der Waals surface area contributed by atoms with E-state index in [1.165, 1.54) is 0 Å². The van der Waals surface area contributed by atoms with E-state index in [1.807, 2.05) is 53.1 Å². The summed E-state index contributed by atoms with van der Waals surface area (Å²) in [7, 11) is 0. The van der Waals surface area contributed by atoms with Crippen LogP contribution in [0.15, 0.2) is 108 Å². The number of nitrogens with zero attached hydrogens (tertiary/aromatic N) is 2. The van der Waals surface area contributed by atoms with E-state index >= 15 is 0 Å². The summed E-state index contributed by atoms with van der Waals surface area (Å²) in [6, 6.07) is 15.5. The van der Waals surface area contributed by atoms with Gasteiger partial charge in [0.25, 0.3) is 0 Å². The maximum atomic E-state index is 13.0. The van der Waals surface area contributed by atoms with E-state index in [0.717, 1.165) is 41.9 Å². The minimum atomic E-state index is -0.0463. The molecule has 0 bridgehead atoms. The van der Waals surface area contributed by atoms with Crippen LogP contribution in [0.5, 0.6) is 0 Å². The number of fused-ring (bicyclic) bond motifs is 1. The van der Waals surface area contributed by atoms with Crippen molar-refractivity contribution in [1.82, 2.24) is 9.55 Å². The first-order chi connectivity index (χ1) is 15.3. The molecule has 152 valence electrons. The molecule has 0 radical (unpaired) electrons. The number of pyridine rings is 2. The number of anilines is 1. The van der Waals surface area contributed by atoms with E-state index < -0.39 is 0 Å². The SMILES string of the molecule is O=c1cc(NC2=CCCC=C2)n(C2=CC=CCC=C2)c2nc(-c3ccccc3)ccc12. The Morgan fingerprint density at radius 2 is 1.84 bits per heavy atom. The summed E-state index contributed by atoms with van der Waals surface area (Å²) < 4.78 is 2.04. The molecule has 3 aromatic rings. The van der Waals surface area contributed by atoms with Gasteiger partial charge in [-0.15, -0.1) is 0 Å². The zero-order valence-electron chi connectivity index (χ0n) is 17.2. The van der Waals surface area contributed by atoms with Gasteiger partial charge < -0.3 is 5.32 Å². The lowest BCUT2D eigenvalue weighted by atomic mass is 10.1. The van der Waals surface area contributed by atoms with E-state index in [-0.39, 0.29) is 5.43 Å². The summed E-state index contributed by atoms with van der Waals surface area (Å²) in [5.74, 6) is 0.708. The van der Waals surface area contributed by atoms with Crippen molar-refractivity contribution in [3.8, 4) is 11.3 Å². The lowest BCUT2D eigenvalue weighted by Gasteiger charge is -2.20. The van der Waals surface area contributed by atoms with E-state index in [4.69, 9.17) is 4.98 Å². The Kier molecular flexibility index (Phi) is 5.19. The molecule has 5 rings (SSSR count). The van der Waals surface area contributed by atoms with Crippen LogP contribution in [0.2, 0.25) is 0 Å². The lowest BCUT2D eigenvalue weighted by Crippen LogP contribution is -2.15. The number of allylic oxidation sites excluding steroid dienone is 9. The zero-order valence-corrected chi connectivity index (χ0v) is 17.2. The van der Waals surface area contributed by atoms with E-state index in [9.17, 15) is 4.79 Å². The van der Waals surface area contributed by atoms with Gasteiger partial charge in [0.05, 0.1) is 11.1 Å². The molecule has 0 fully saturated rings. The predicted molar refractivity (Wildman–Crippen MR) is 129 cm³/mol. The summed E-state index contributed by atoms with van der Waals surface area (Å²) in [5, 5.41) is 4.06. The Bertz CT molecular complexity index is 1340. The average molecular weight is 406 g/mol. The summed E-state index contributed by atoms with van der Waals surface area (Å²) in [6.45, 7) is 0. The Morgan fingerprint density at radius 3 is 2.68 bits per heavy atom. The molecule has 31 heavy (non-hydrogen) atoms.